The van der Waals surface area contributed by atoms with Crippen LogP contribution in [0.3, 0.4) is 0 Å². The van der Waals surface area contributed by atoms with Crippen LogP contribution in [0.15, 0.2) is 18.2 Å². The third-order valence-corrected chi connectivity index (χ3v) is 5.30. The number of aryl methyl sites for hydroxylation is 1. The van der Waals surface area contributed by atoms with E-state index in [1.165, 1.54) is 12.8 Å². The second kappa shape index (κ2) is 6.93. The Labute approximate surface area is 144 Å². The largest absolute Gasteiger partial charge is 0.355 e. The van der Waals surface area contributed by atoms with E-state index in [1.807, 2.05) is 32.0 Å². The van der Waals surface area contributed by atoms with E-state index in [9.17, 15) is 9.59 Å². The number of nitrogens with zero attached hydrogens (tertiary/aromatic N) is 2. The minimum absolute atomic E-state index is 0.000327. The summed E-state index contributed by atoms with van der Waals surface area (Å²) in [5.41, 5.74) is 3.21. The number of carbonyl (C=O) groups is 2. The van der Waals surface area contributed by atoms with Gasteiger partial charge in [-0.1, -0.05) is 12.1 Å². The molecule has 2 aliphatic rings. The molecule has 0 bridgehead atoms. The van der Waals surface area contributed by atoms with Crippen molar-refractivity contribution in [2.45, 2.75) is 39.2 Å². The van der Waals surface area contributed by atoms with Crippen LogP contribution in [0.2, 0.25) is 0 Å². The lowest BCUT2D eigenvalue weighted by atomic mass is 10.1. The second-order valence-corrected chi connectivity index (χ2v) is 7.13. The first-order chi connectivity index (χ1) is 11.5. The maximum absolute atomic E-state index is 12.4. The lowest BCUT2D eigenvalue weighted by molar-refractivity contribution is -0.126. The Kier molecular flexibility index (Phi) is 4.90. The van der Waals surface area contributed by atoms with Gasteiger partial charge in [-0.15, -0.1) is 0 Å². The molecule has 1 saturated carbocycles. The van der Waals surface area contributed by atoms with Crippen molar-refractivity contribution in [3.63, 3.8) is 0 Å². The number of benzene rings is 1. The van der Waals surface area contributed by atoms with E-state index in [1.54, 1.807) is 4.90 Å². The Morgan fingerprint density at radius 2 is 2.08 bits per heavy atom. The minimum atomic E-state index is -0.247. The highest BCUT2D eigenvalue weighted by Gasteiger charge is 2.35. The molecule has 3 rings (SSSR count). The van der Waals surface area contributed by atoms with Crippen LogP contribution in [0.1, 0.15) is 30.4 Å². The number of hydrogen-bond acceptors (Lipinski definition) is 3. The van der Waals surface area contributed by atoms with Crippen LogP contribution in [-0.2, 0) is 9.59 Å². The molecule has 1 aromatic carbocycles. The molecule has 1 saturated heterocycles. The fourth-order valence-corrected chi connectivity index (χ4v) is 3.34. The molecule has 1 aliphatic carbocycles. The third-order valence-electron chi connectivity index (χ3n) is 5.30. The van der Waals surface area contributed by atoms with Gasteiger partial charge in [-0.2, -0.15) is 0 Å². The van der Waals surface area contributed by atoms with Crippen LogP contribution in [0, 0.1) is 19.8 Å². The maximum Gasteiger partial charge on any atom is 0.227 e. The summed E-state index contributed by atoms with van der Waals surface area (Å²) >= 11 is 0. The molecule has 1 aliphatic heterocycles. The van der Waals surface area contributed by atoms with Gasteiger partial charge in [-0.05, 0) is 50.9 Å². The molecule has 130 valence electrons. The van der Waals surface area contributed by atoms with Crippen LogP contribution in [0.5, 0.6) is 0 Å². The van der Waals surface area contributed by atoms with Crippen LogP contribution >= 0.6 is 0 Å². The zero-order valence-electron chi connectivity index (χ0n) is 14.8. The Balaban J connectivity index is 1.55. The van der Waals surface area contributed by atoms with E-state index in [-0.39, 0.29) is 17.7 Å². The Hall–Kier alpha value is -1.88. The summed E-state index contributed by atoms with van der Waals surface area (Å²) in [7, 11) is 2.10. The van der Waals surface area contributed by atoms with Gasteiger partial charge < -0.3 is 15.1 Å². The maximum atomic E-state index is 12.4. The molecule has 5 nitrogen and oxygen atoms in total. The quantitative estimate of drug-likeness (QED) is 0.867. The molecule has 1 N–H and O–H groups in total. The van der Waals surface area contributed by atoms with Gasteiger partial charge in [0.15, 0.2) is 0 Å². The summed E-state index contributed by atoms with van der Waals surface area (Å²) in [5.74, 6) is -0.206. The minimum Gasteiger partial charge on any atom is -0.355 e. The summed E-state index contributed by atoms with van der Waals surface area (Å²) < 4.78 is 0. The van der Waals surface area contributed by atoms with Gasteiger partial charge >= 0.3 is 0 Å². The molecular weight excluding hydrogens is 302 g/mol. The second-order valence-electron chi connectivity index (χ2n) is 7.13. The van der Waals surface area contributed by atoms with Crippen molar-refractivity contribution in [1.82, 2.24) is 10.2 Å². The fourth-order valence-electron chi connectivity index (χ4n) is 3.34. The van der Waals surface area contributed by atoms with Crippen molar-refractivity contribution in [3.8, 4) is 0 Å². The monoisotopic (exact) mass is 329 g/mol. The topological polar surface area (TPSA) is 52.7 Å². The standard InChI is InChI=1S/C19H27N3O2/c1-13-5-4-6-17(14(13)2)22-12-15(11-18(22)23)19(24)20-9-10-21(3)16-7-8-16/h4-6,15-16H,7-12H2,1-3H3,(H,20,24)/t15-/m0/s1. The predicted octanol–water partition coefficient (Wildman–Crippen LogP) is 1.87. The molecule has 0 spiro atoms. The van der Waals surface area contributed by atoms with Gasteiger partial charge in [0.1, 0.15) is 0 Å². The number of nitrogens with one attached hydrogen (secondary N) is 1. The number of anilines is 1. The molecule has 0 radical (unpaired) electrons. The summed E-state index contributed by atoms with van der Waals surface area (Å²) in [6, 6.07) is 6.67. The lowest BCUT2D eigenvalue weighted by Crippen LogP contribution is -2.38. The Bertz CT molecular complexity index is 639. The van der Waals surface area contributed by atoms with Gasteiger partial charge in [0.05, 0.1) is 5.92 Å². The highest BCUT2D eigenvalue weighted by atomic mass is 16.2. The van der Waals surface area contributed by atoms with Crippen molar-refractivity contribution >= 4 is 17.5 Å². The van der Waals surface area contributed by atoms with Crippen LogP contribution in [-0.4, -0.2) is 49.4 Å². The molecular formula is C19H27N3O2. The molecule has 5 heteroatoms. The number of hydrogen-bond donors (Lipinski definition) is 1. The van der Waals surface area contributed by atoms with Gasteiger partial charge in [0.2, 0.25) is 11.8 Å². The van der Waals surface area contributed by atoms with Crippen LogP contribution in [0.25, 0.3) is 0 Å². The Morgan fingerprint density at radius 3 is 2.79 bits per heavy atom. The average molecular weight is 329 g/mol. The normalized spacial score (nSPS) is 20.8. The first-order valence-electron chi connectivity index (χ1n) is 8.82. The lowest BCUT2D eigenvalue weighted by Gasteiger charge is -2.20. The zero-order valence-corrected chi connectivity index (χ0v) is 14.8. The molecule has 2 amide bonds. The average Bonchev–Trinajstić information content (AvgIpc) is 3.33. The van der Waals surface area contributed by atoms with E-state index in [0.717, 1.165) is 23.4 Å². The van der Waals surface area contributed by atoms with E-state index >= 15 is 0 Å². The molecule has 1 heterocycles. The number of likely N-dealkylation sites (N-methyl/N-ethyl adjacent to an activating group) is 1. The van der Waals surface area contributed by atoms with Crippen molar-refractivity contribution in [2.24, 2.45) is 5.92 Å². The molecule has 0 aromatic heterocycles. The van der Waals surface area contributed by atoms with Crippen LogP contribution < -0.4 is 10.2 Å². The van der Waals surface area contributed by atoms with Gasteiger partial charge in [-0.25, -0.2) is 0 Å². The van der Waals surface area contributed by atoms with E-state index in [2.05, 4.69) is 17.3 Å². The van der Waals surface area contributed by atoms with Gasteiger partial charge in [0, 0.05) is 37.8 Å². The third kappa shape index (κ3) is 3.61. The number of amides is 2. The fraction of sp³-hybridized carbons (Fsp3) is 0.579. The Morgan fingerprint density at radius 1 is 1.33 bits per heavy atom. The van der Waals surface area contributed by atoms with Crippen molar-refractivity contribution in [3.05, 3.63) is 29.3 Å². The highest BCUT2D eigenvalue weighted by Crippen LogP contribution is 2.29. The summed E-state index contributed by atoms with van der Waals surface area (Å²) in [6.07, 6.45) is 2.84. The molecule has 1 atom stereocenters. The molecule has 1 aromatic rings. The summed E-state index contributed by atoms with van der Waals surface area (Å²) in [5, 5.41) is 3.00. The first kappa shape index (κ1) is 17.0. The predicted molar refractivity (Wildman–Crippen MR) is 95.0 cm³/mol. The van der Waals surface area contributed by atoms with E-state index < -0.39 is 0 Å². The van der Waals surface area contributed by atoms with Crippen LogP contribution in [0.4, 0.5) is 5.69 Å². The summed E-state index contributed by atoms with van der Waals surface area (Å²) in [6.45, 7) is 6.07. The molecule has 0 unspecified atom stereocenters. The number of rotatable bonds is 6. The SMILES string of the molecule is Cc1cccc(N2C[C@@H](C(=O)NCCN(C)C3CC3)CC2=O)c1C. The van der Waals surface area contributed by atoms with Gasteiger partial charge in [0.25, 0.3) is 0 Å². The number of carbonyl (C=O) groups excluding carboxylic acids is 2. The first-order valence-corrected chi connectivity index (χ1v) is 8.82. The highest BCUT2D eigenvalue weighted by molar-refractivity contribution is 6.00. The zero-order chi connectivity index (χ0) is 17.3. The van der Waals surface area contributed by atoms with Crippen molar-refractivity contribution in [2.75, 3.05) is 31.6 Å². The smallest absolute Gasteiger partial charge is 0.227 e. The summed E-state index contributed by atoms with van der Waals surface area (Å²) in [4.78, 5) is 28.8. The van der Waals surface area contributed by atoms with Crippen molar-refractivity contribution in [1.29, 1.82) is 0 Å². The van der Waals surface area contributed by atoms with E-state index in [4.69, 9.17) is 0 Å². The van der Waals surface area contributed by atoms with E-state index in [0.29, 0.717) is 25.6 Å². The molecule has 2 fully saturated rings. The van der Waals surface area contributed by atoms with Crippen molar-refractivity contribution < 1.29 is 9.59 Å². The van der Waals surface area contributed by atoms with Gasteiger partial charge in [-0.3, -0.25) is 9.59 Å². The molecule has 24 heavy (non-hydrogen) atoms.